The van der Waals surface area contributed by atoms with Crippen LogP contribution >= 0.6 is 15.9 Å². The van der Waals surface area contributed by atoms with Crippen LogP contribution in [0.15, 0.2) is 34.6 Å². The molecule has 0 aliphatic heterocycles. The zero-order chi connectivity index (χ0) is 11.9. The van der Waals surface area contributed by atoms with Crippen molar-refractivity contribution in [3.8, 4) is 0 Å². The van der Waals surface area contributed by atoms with Crippen molar-refractivity contribution in [2.75, 3.05) is 6.54 Å². The summed E-state index contributed by atoms with van der Waals surface area (Å²) in [5.74, 6) is 0. The highest BCUT2D eigenvalue weighted by Crippen LogP contribution is 2.19. The van der Waals surface area contributed by atoms with E-state index in [-0.39, 0.29) is 0 Å². The van der Waals surface area contributed by atoms with Crippen LogP contribution in [0.1, 0.15) is 37.7 Å². The lowest BCUT2D eigenvalue weighted by Gasteiger charge is -2.12. The summed E-state index contributed by atoms with van der Waals surface area (Å²) >= 11 is 3.43. The van der Waals surface area contributed by atoms with Gasteiger partial charge in [-0.05, 0) is 66.2 Å². The van der Waals surface area contributed by atoms with Gasteiger partial charge in [-0.25, -0.2) is 0 Å². The van der Waals surface area contributed by atoms with Gasteiger partial charge < -0.3 is 5.32 Å². The van der Waals surface area contributed by atoms with Crippen LogP contribution in [0.3, 0.4) is 0 Å². The summed E-state index contributed by atoms with van der Waals surface area (Å²) in [4.78, 5) is 4.15. The quantitative estimate of drug-likeness (QED) is 0.660. The lowest BCUT2D eigenvalue weighted by molar-refractivity contribution is 0.632. The van der Waals surface area contributed by atoms with Crippen LogP contribution in [-0.2, 0) is 6.54 Å². The smallest absolute Gasteiger partial charge is 0.0410 e. The monoisotopic (exact) mass is 294 g/mol. The van der Waals surface area contributed by atoms with Crippen molar-refractivity contribution in [3.05, 3.63) is 40.1 Å². The van der Waals surface area contributed by atoms with E-state index in [1.807, 2.05) is 12.4 Å². The van der Waals surface area contributed by atoms with Gasteiger partial charge in [0.1, 0.15) is 0 Å². The second kappa shape index (κ2) is 6.92. The predicted molar refractivity (Wildman–Crippen MR) is 74.8 cm³/mol. The molecule has 2 rings (SSSR count). The maximum atomic E-state index is 4.15. The first kappa shape index (κ1) is 12.8. The fourth-order valence-corrected chi connectivity index (χ4v) is 2.58. The Morgan fingerprint density at radius 1 is 1.29 bits per heavy atom. The van der Waals surface area contributed by atoms with Crippen molar-refractivity contribution in [1.82, 2.24) is 10.3 Å². The van der Waals surface area contributed by atoms with Crippen molar-refractivity contribution >= 4 is 15.9 Å². The van der Waals surface area contributed by atoms with Gasteiger partial charge in [-0.2, -0.15) is 0 Å². The molecule has 17 heavy (non-hydrogen) atoms. The summed E-state index contributed by atoms with van der Waals surface area (Å²) in [5, 5.41) is 3.47. The Kier molecular flexibility index (Phi) is 5.20. The second-order valence-electron chi connectivity index (χ2n) is 4.55. The van der Waals surface area contributed by atoms with E-state index in [0.29, 0.717) is 0 Å². The second-order valence-corrected chi connectivity index (χ2v) is 5.46. The minimum atomic E-state index is 0.902. The van der Waals surface area contributed by atoms with Crippen LogP contribution in [0.4, 0.5) is 0 Å². The molecule has 0 spiro atoms. The molecule has 1 aromatic heterocycles. The van der Waals surface area contributed by atoms with E-state index in [2.05, 4.69) is 38.4 Å². The van der Waals surface area contributed by atoms with E-state index in [0.717, 1.165) is 17.6 Å². The highest BCUT2D eigenvalue weighted by atomic mass is 79.9. The SMILES string of the molecule is Brc1cncc(CNCCC2=CCCCC2)c1. The molecular formula is C14H19BrN2. The van der Waals surface area contributed by atoms with Crippen LogP contribution in [-0.4, -0.2) is 11.5 Å². The summed E-state index contributed by atoms with van der Waals surface area (Å²) < 4.78 is 1.05. The van der Waals surface area contributed by atoms with Gasteiger partial charge in [0.2, 0.25) is 0 Å². The third-order valence-electron chi connectivity index (χ3n) is 3.10. The van der Waals surface area contributed by atoms with Crippen LogP contribution in [0.5, 0.6) is 0 Å². The lowest BCUT2D eigenvalue weighted by Crippen LogP contribution is -2.15. The summed E-state index contributed by atoms with van der Waals surface area (Å²) in [5.41, 5.74) is 2.87. The molecule has 1 aromatic rings. The first-order chi connectivity index (χ1) is 8.34. The van der Waals surface area contributed by atoms with E-state index >= 15 is 0 Å². The van der Waals surface area contributed by atoms with Crippen molar-refractivity contribution in [1.29, 1.82) is 0 Å². The Bertz CT molecular complexity index is 388. The van der Waals surface area contributed by atoms with Gasteiger partial charge in [-0.3, -0.25) is 4.98 Å². The number of nitrogens with one attached hydrogen (secondary N) is 1. The molecule has 92 valence electrons. The Hall–Kier alpha value is -0.670. The molecule has 1 heterocycles. The molecule has 0 atom stereocenters. The summed E-state index contributed by atoms with van der Waals surface area (Å²) in [6.07, 6.45) is 12.7. The molecule has 1 aliphatic rings. The third kappa shape index (κ3) is 4.60. The zero-order valence-corrected chi connectivity index (χ0v) is 11.7. The number of hydrogen-bond acceptors (Lipinski definition) is 2. The lowest BCUT2D eigenvalue weighted by atomic mass is 9.97. The first-order valence-corrected chi connectivity index (χ1v) is 7.12. The molecular weight excluding hydrogens is 276 g/mol. The van der Waals surface area contributed by atoms with Crippen LogP contribution < -0.4 is 5.32 Å². The first-order valence-electron chi connectivity index (χ1n) is 6.32. The van der Waals surface area contributed by atoms with Gasteiger partial charge in [0.15, 0.2) is 0 Å². The Labute approximate surface area is 112 Å². The topological polar surface area (TPSA) is 24.9 Å². The van der Waals surface area contributed by atoms with Gasteiger partial charge in [0, 0.05) is 23.4 Å². The summed E-state index contributed by atoms with van der Waals surface area (Å²) in [6, 6.07) is 2.11. The average molecular weight is 295 g/mol. The average Bonchev–Trinajstić information content (AvgIpc) is 2.36. The molecule has 0 amide bonds. The molecule has 0 unspecified atom stereocenters. The number of aromatic nitrogens is 1. The standard InChI is InChI=1S/C14H19BrN2/c15-14-8-13(10-17-11-14)9-16-7-6-12-4-2-1-3-5-12/h4,8,10-11,16H,1-3,5-7,9H2. The number of allylic oxidation sites excluding steroid dienone is 1. The molecule has 1 N–H and O–H groups in total. The van der Waals surface area contributed by atoms with E-state index < -0.39 is 0 Å². The molecule has 2 nitrogen and oxygen atoms in total. The number of rotatable bonds is 5. The third-order valence-corrected chi connectivity index (χ3v) is 3.53. The van der Waals surface area contributed by atoms with Gasteiger partial charge in [-0.1, -0.05) is 11.6 Å². The number of halogens is 1. The zero-order valence-electron chi connectivity index (χ0n) is 10.1. The highest BCUT2D eigenvalue weighted by molar-refractivity contribution is 9.10. The number of hydrogen-bond donors (Lipinski definition) is 1. The molecule has 0 fully saturated rings. The van der Waals surface area contributed by atoms with Gasteiger partial charge in [-0.15, -0.1) is 0 Å². The Morgan fingerprint density at radius 2 is 2.24 bits per heavy atom. The molecule has 0 saturated carbocycles. The number of pyridine rings is 1. The van der Waals surface area contributed by atoms with Gasteiger partial charge in [0.25, 0.3) is 0 Å². The molecule has 0 radical (unpaired) electrons. The normalized spacial score (nSPS) is 15.7. The van der Waals surface area contributed by atoms with E-state index in [4.69, 9.17) is 0 Å². The summed E-state index contributed by atoms with van der Waals surface area (Å²) in [6.45, 7) is 1.97. The van der Waals surface area contributed by atoms with E-state index in [1.54, 1.807) is 5.57 Å². The maximum Gasteiger partial charge on any atom is 0.0410 e. The van der Waals surface area contributed by atoms with Crippen molar-refractivity contribution < 1.29 is 0 Å². The molecule has 0 aromatic carbocycles. The van der Waals surface area contributed by atoms with Crippen LogP contribution in [0, 0.1) is 0 Å². The maximum absolute atomic E-state index is 4.15. The molecule has 0 saturated heterocycles. The summed E-state index contributed by atoms with van der Waals surface area (Å²) in [7, 11) is 0. The van der Waals surface area contributed by atoms with Crippen molar-refractivity contribution in [2.24, 2.45) is 0 Å². The van der Waals surface area contributed by atoms with Crippen molar-refractivity contribution in [3.63, 3.8) is 0 Å². The molecule has 3 heteroatoms. The minimum absolute atomic E-state index is 0.902. The van der Waals surface area contributed by atoms with Gasteiger partial charge >= 0.3 is 0 Å². The van der Waals surface area contributed by atoms with E-state index in [9.17, 15) is 0 Å². The fourth-order valence-electron chi connectivity index (χ4n) is 2.17. The molecule has 0 bridgehead atoms. The Morgan fingerprint density at radius 3 is 3.00 bits per heavy atom. The minimum Gasteiger partial charge on any atom is -0.312 e. The van der Waals surface area contributed by atoms with Crippen molar-refractivity contribution in [2.45, 2.75) is 38.6 Å². The van der Waals surface area contributed by atoms with Crippen LogP contribution in [0.25, 0.3) is 0 Å². The Balaban J connectivity index is 1.67. The molecule has 1 aliphatic carbocycles. The number of nitrogens with zero attached hydrogens (tertiary/aromatic N) is 1. The van der Waals surface area contributed by atoms with Gasteiger partial charge in [0.05, 0.1) is 0 Å². The highest BCUT2D eigenvalue weighted by Gasteiger charge is 2.02. The largest absolute Gasteiger partial charge is 0.312 e. The van der Waals surface area contributed by atoms with E-state index in [1.165, 1.54) is 37.7 Å². The fraction of sp³-hybridized carbons (Fsp3) is 0.500. The van der Waals surface area contributed by atoms with Crippen LogP contribution in [0.2, 0.25) is 0 Å². The predicted octanol–water partition coefficient (Wildman–Crippen LogP) is 3.82.